The van der Waals surface area contributed by atoms with Crippen molar-refractivity contribution in [3.8, 4) is 5.75 Å². The first-order chi connectivity index (χ1) is 10.1. The molecule has 0 saturated heterocycles. The molecule has 5 heteroatoms. The third-order valence-electron chi connectivity index (χ3n) is 4.02. The summed E-state index contributed by atoms with van der Waals surface area (Å²) in [6.45, 7) is 0. The number of aromatic hydroxyl groups is 1. The number of carboxylic acid groups (broad SMARTS) is 1. The first-order valence-electron chi connectivity index (χ1n) is 7.42. The smallest absolute Gasteiger partial charge is 0.335 e. The van der Waals surface area contributed by atoms with Crippen LogP contribution >= 0.6 is 0 Å². The van der Waals surface area contributed by atoms with Gasteiger partial charge in [-0.25, -0.2) is 4.79 Å². The molecule has 114 valence electrons. The zero-order valence-electron chi connectivity index (χ0n) is 12.0. The fourth-order valence-corrected chi connectivity index (χ4v) is 2.79. The van der Waals surface area contributed by atoms with Crippen molar-refractivity contribution in [2.75, 3.05) is 5.32 Å². The average molecular weight is 291 g/mol. The molecule has 0 spiro atoms. The molecule has 0 atom stereocenters. The number of carboxylic acids is 1. The second-order valence-electron chi connectivity index (χ2n) is 5.63. The topological polar surface area (TPSA) is 86.6 Å². The van der Waals surface area contributed by atoms with E-state index in [1.165, 1.54) is 50.3 Å². The Morgan fingerprint density at radius 3 is 2.57 bits per heavy atom. The Kier molecular flexibility index (Phi) is 5.20. The highest BCUT2D eigenvalue weighted by Crippen LogP contribution is 2.28. The van der Waals surface area contributed by atoms with Crippen LogP contribution in [0.25, 0.3) is 0 Å². The number of anilines is 1. The van der Waals surface area contributed by atoms with Gasteiger partial charge in [-0.15, -0.1) is 0 Å². The van der Waals surface area contributed by atoms with E-state index in [4.69, 9.17) is 5.11 Å². The summed E-state index contributed by atoms with van der Waals surface area (Å²) in [5, 5.41) is 21.2. The van der Waals surface area contributed by atoms with Crippen LogP contribution in [0.3, 0.4) is 0 Å². The highest BCUT2D eigenvalue weighted by atomic mass is 16.4. The molecule has 1 saturated carbocycles. The van der Waals surface area contributed by atoms with Gasteiger partial charge in [0.05, 0.1) is 11.3 Å². The van der Waals surface area contributed by atoms with Crippen molar-refractivity contribution in [1.82, 2.24) is 0 Å². The lowest BCUT2D eigenvalue weighted by Gasteiger charge is -2.21. The van der Waals surface area contributed by atoms with Gasteiger partial charge in [0.15, 0.2) is 0 Å². The van der Waals surface area contributed by atoms with E-state index in [2.05, 4.69) is 5.32 Å². The van der Waals surface area contributed by atoms with Crippen molar-refractivity contribution in [1.29, 1.82) is 0 Å². The van der Waals surface area contributed by atoms with Gasteiger partial charge < -0.3 is 15.5 Å². The standard InChI is InChI=1S/C16H21NO4/c18-14-8-7-12(16(20)21)10-13(14)17-15(19)9-6-11-4-2-1-3-5-11/h7-8,10-11,18H,1-6,9H2,(H,17,19)(H,20,21). The molecule has 0 bridgehead atoms. The number of phenols is 1. The summed E-state index contributed by atoms with van der Waals surface area (Å²) in [5.41, 5.74) is 0.193. The monoisotopic (exact) mass is 291 g/mol. The van der Waals surface area contributed by atoms with Crippen molar-refractivity contribution in [2.45, 2.75) is 44.9 Å². The van der Waals surface area contributed by atoms with Crippen LogP contribution in [0.4, 0.5) is 5.69 Å². The molecule has 1 aromatic rings. The van der Waals surface area contributed by atoms with E-state index in [0.717, 1.165) is 6.42 Å². The molecule has 0 radical (unpaired) electrons. The minimum absolute atomic E-state index is 0.0374. The van der Waals surface area contributed by atoms with Gasteiger partial charge in [-0.2, -0.15) is 0 Å². The number of hydrogen-bond donors (Lipinski definition) is 3. The number of phenolic OH excluding ortho intramolecular Hbond substituents is 1. The summed E-state index contributed by atoms with van der Waals surface area (Å²) < 4.78 is 0. The molecule has 0 unspecified atom stereocenters. The minimum atomic E-state index is -1.09. The van der Waals surface area contributed by atoms with E-state index in [1.807, 2.05) is 0 Å². The lowest BCUT2D eigenvalue weighted by Crippen LogP contribution is -2.15. The molecule has 0 aliphatic heterocycles. The maximum Gasteiger partial charge on any atom is 0.335 e. The number of aromatic carboxylic acids is 1. The first-order valence-corrected chi connectivity index (χ1v) is 7.42. The van der Waals surface area contributed by atoms with Gasteiger partial charge in [-0.3, -0.25) is 4.79 Å². The largest absolute Gasteiger partial charge is 0.506 e. The highest BCUT2D eigenvalue weighted by molar-refractivity contribution is 5.95. The normalized spacial score (nSPS) is 15.6. The highest BCUT2D eigenvalue weighted by Gasteiger charge is 2.16. The van der Waals surface area contributed by atoms with Crippen LogP contribution in [0.15, 0.2) is 18.2 Å². The predicted octanol–water partition coefficient (Wildman–Crippen LogP) is 3.39. The van der Waals surface area contributed by atoms with E-state index in [0.29, 0.717) is 12.3 Å². The Bertz CT molecular complexity index is 521. The quantitative estimate of drug-likeness (QED) is 0.726. The molecule has 0 heterocycles. The number of hydrogen-bond acceptors (Lipinski definition) is 3. The summed E-state index contributed by atoms with van der Waals surface area (Å²) in [5.74, 6) is -0.777. The average Bonchev–Trinajstić information content (AvgIpc) is 2.48. The van der Waals surface area contributed by atoms with E-state index in [1.54, 1.807) is 0 Å². The van der Waals surface area contributed by atoms with Crippen molar-refractivity contribution in [3.05, 3.63) is 23.8 Å². The van der Waals surface area contributed by atoms with Crippen molar-refractivity contribution >= 4 is 17.6 Å². The maximum atomic E-state index is 11.9. The predicted molar refractivity (Wildman–Crippen MR) is 79.5 cm³/mol. The molecular formula is C16H21NO4. The van der Waals surface area contributed by atoms with Gasteiger partial charge in [0, 0.05) is 6.42 Å². The SMILES string of the molecule is O=C(CCC1CCCCC1)Nc1cc(C(=O)O)ccc1O. The van der Waals surface area contributed by atoms with Gasteiger partial charge in [-0.05, 0) is 30.5 Å². The maximum absolute atomic E-state index is 11.9. The number of amides is 1. The van der Waals surface area contributed by atoms with Crippen LogP contribution in [0.2, 0.25) is 0 Å². The summed E-state index contributed by atoms with van der Waals surface area (Å²) in [6.07, 6.45) is 7.41. The second-order valence-corrected chi connectivity index (χ2v) is 5.63. The van der Waals surface area contributed by atoms with E-state index in [9.17, 15) is 14.7 Å². The Labute approximate surface area is 124 Å². The number of rotatable bonds is 5. The zero-order chi connectivity index (χ0) is 15.2. The number of carbonyl (C=O) groups excluding carboxylic acids is 1. The third kappa shape index (κ3) is 4.48. The Morgan fingerprint density at radius 1 is 1.19 bits per heavy atom. The van der Waals surface area contributed by atoms with Gasteiger partial charge >= 0.3 is 5.97 Å². The fraction of sp³-hybridized carbons (Fsp3) is 0.500. The van der Waals surface area contributed by atoms with Gasteiger partial charge in [-0.1, -0.05) is 32.1 Å². The summed E-state index contributed by atoms with van der Waals surface area (Å²) in [6, 6.07) is 3.85. The Balaban J connectivity index is 1.89. The molecule has 2 rings (SSSR count). The number of carbonyl (C=O) groups is 2. The summed E-state index contributed by atoms with van der Waals surface area (Å²) in [4.78, 5) is 22.8. The molecule has 1 fully saturated rings. The molecular weight excluding hydrogens is 270 g/mol. The number of benzene rings is 1. The van der Waals surface area contributed by atoms with Crippen LogP contribution in [0.5, 0.6) is 5.75 Å². The summed E-state index contributed by atoms with van der Waals surface area (Å²) in [7, 11) is 0. The molecule has 1 amide bonds. The van der Waals surface area contributed by atoms with Crippen LogP contribution in [0.1, 0.15) is 55.3 Å². The Morgan fingerprint density at radius 2 is 1.90 bits per heavy atom. The van der Waals surface area contributed by atoms with E-state index in [-0.39, 0.29) is 22.9 Å². The molecule has 5 nitrogen and oxygen atoms in total. The van der Waals surface area contributed by atoms with Gasteiger partial charge in [0.1, 0.15) is 5.75 Å². The summed E-state index contributed by atoms with van der Waals surface area (Å²) >= 11 is 0. The molecule has 0 aromatic heterocycles. The zero-order valence-corrected chi connectivity index (χ0v) is 12.0. The minimum Gasteiger partial charge on any atom is -0.506 e. The second kappa shape index (κ2) is 7.11. The van der Waals surface area contributed by atoms with Gasteiger partial charge in [0.25, 0.3) is 0 Å². The third-order valence-corrected chi connectivity index (χ3v) is 4.02. The van der Waals surface area contributed by atoms with E-state index < -0.39 is 5.97 Å². The molecule has 1 aliphatic carbocycles. The van der Waals surface area contributed by atoms with Crippen LogP contribution in [-0.4, -0.2) is 22.1 Å². The van der Waals surface area contributed by atoms with Crippen LogP contribution in [0, 0.1) is 5.92 Å². The van der Waals surface area contributed by atoms with Crippen molar-refractivity contribution in [2.24, 2.45) is 5.92 Å². The molecule has 1 aromatic carbocycles. The van der Waals surface area contributed by atoms with Crippen LogP contribution in [-0.2, 0) is 4.79 Å². The fourth-order valence-electron chi connectivity index (χ4n) is 2.79. The first kappa shape index (κ1) is 15.4. The van der Waals surface area contributed by atoms with Crippen molar-refractivity contribution < 1.29 is 19.8 Å². The van der Waals surface area contributed by atoms with Crippen LogP contribution < -0.4 is 5.32 Å². The van der Waals surface area contributed by atoms with Crippen molar-refractivity contribution in [3.63, 3.8) is 0 Å². The molecule has 21 heavy (non-hydrogen) atoms. The number of nitrogens with one attached hydrogen (secondary N) is 1. The van der Waals surface area contributed by atoms with Gasteiger partial charge in [0.2, 0.25) is 5.91 Å². The lowest BCUT2D eigenvalue weighted by atomic mass is 9.86. The lowest BCUT2D eigenvalue weighted by molar-refractivity contribution is -0.116. The Hall–Kier alpha value is -2.04. The molecule has 1 aliphatic rings. The van der Waals surface area contributed by atoms with E-state index >= 15 is 0 Å². The molecule has 3 N–H and O–H groups in total.